The lowest BCUT2D eigenvalue weighted by Crippen LogP contribution is -2.39. The number of halogens is 2. The van der Waals surface area contributed by atoms with Crippen molar-refractivity contribution in [3.63, 3.8) is 0 Å². The molecule has 0 aliphatic heterocycles. The number of nitrogens with one attached hydrogen (secondary N) is 1. The molecule has 0 bridgehead atoms. The number of amides is 1. The highest BCUT2D eigenvalue weighted by Gasteiger charge is 2.22. The number of para-hydroxylation sites is 2. The van der Waals surface area contributed by atoms with Crippen molar-refractivity contribution in [2.45, 2.75) is 26.1 Å². The number of alkyl halides is 2. The Hall–Kier alpha value is -3.23. The van der Waals surface area contributed by atoms with Crippen LogP contribution in [-0.2, 0) is 16.1 Å². The molecule has 1 aromatic carbocycles. The van der Waals surface area contributed by atoms with E-state index in [0.29, 0.717) is 10.1 Å². The maximum absolute atomic E-state index is 13.3. The van der Waals surface area contributed by atoms with Gasteiger partial charge in [-0.25, -0.2) is 9.78 Å². The van der Waals surface area contributed by atoms with Crippen molar-refractivity contribution in [3.8, 4) is 0 Å². The summed E-state index contributed by atoms with van der Waals surface area (Å²) < 4.78 is 37.3. The summed E-state index contributed by atoms with van der Waals surface area (Å²) in [5.74, 6) is -1.40. The van der Waals surface area contributed by atoms with Gasteiger partial charge in [-0.1, -0.05) is 12.1 Å². The number of imidazole rings is 1. The van der Waals surface area contributed by atoms with E-state index in [4.69, 9.17) is 9.15 Å². The van der Waals surface area contributed by atoms with Crippen LogP contribution in [0.15, 0.2) is 47.1 Å². The summed E-state index contributed by atoms with van der Waals surface area (Å²) in [6.45, 7) is -1.86. The van der Waals surface area contributed by atoms with Gasteiger partial charge in [0.1, 0.15) is 12.6 Å². The first-order chi connectivity index (χ1) is 12.5. The van der Waals surface area contributed by atoms with Gasteiger partial charge in [-0.15, -0.1) is 0 Å². The van der Waals surface area contributed by atoms with E-state index in [2.05, 4.69) is 10.3 Å². The maximum Gasteiger partial charge on any atom is 0.328 e. The normalized spacial score (nSPS) is 12.3. The molecule has 3 rings (SSSR count). The first-order valence-corrected chi connectivity index (χ1v) is 7.72. The van der Waals surface area contributed by atoms with Crippen molar-refractivity contribution >= 4 is 22.9 Å². The summed E-state index contributed by atoms with van der Waals surface area (Å²) in [7, 11) is 0. The maximum atomic E-state index is 13.3. The molecule has 0 fully saturated rings. The molecule has 7 nitrogen and oxygen atoms in total. The molecule has 1 atom stereocenters. The topological polar surface area (TPSA) is 86.4 Å². The molecule has 0 aliphatic carbocycles. The van der Waals surface area contributed by atoms with Crippen LogP contribution in [0, 0.1) is 0 Å². The van der Waals surface area contributed by atoms with Crippen LogP contribution in [0.1, 0.15) is 29.9 Å². The first kappa shape index (κ1) is 17.6. The third-order valence-electron chi connectivity index (χ3n) is 3.65. The van der Waals surface area contributed by atoms with E-state index >= 15 is 0 Å². The molecule has 3 aromatic rings. The molecular formula is C17H15F2N3O4. The van der Waals surface area contributed by atoms with Gasteiger partial charge in [0.2, 0.25) is 0 Å². The fraction of sp³-hybridized carbons (Fsp3) is 0.235. The second kappa shape index (κ2) is 7.34. The molecule has 1 amide bonds. The van der Waals surface area contributed by atoms with E-state index in [1.54, 1.807) is 18.2 Å². The third kappa shape index (κ3) is 3.56. The Morgan fingerprint density at radius 3 is 2.73 bits per heavy atom. The second-order valence-electron chi connectivity index (χ2n) is 5.44. The predicted molar refractivity (Wildman–Crippen MR) is 86.4 cm³/mol. The van der Waals surface area contributed by atoms with Crippen LogP contribution in [0.4, 0.5) is 8.78 Å². The van der Waals surface area contributed by atoms with Crippen molar-refractivity contribution in [1.82, 2.24) is 14.9 Å². The van der Waals surface area contributed by atoms with Crippen molar-refractivity contribution in [2.75, 3.05) is 0 Å². The highest BCUT2D eigenvalue weighted by atomic mass is 19.3. The Morgan fingerprint density at radius 1 is 1.27 bits per heavy atom. The van der Waals surface area contributed by atoms with Gasteiger partial charge in [0.15, 0.2) is 11.6 Å². The smallest absolute Gasteiger partial charge is 0.328 e. The zero-order valence-corrected chi connectivity index (χ0v) is 13.7. The van der Waals surface area contributed by atoms with Crippen LogP contribution in [0.25, 0.3) is 11.0 Å². The minimum atomic E-state index is -2.83. The molecule has 26 heavy (non-hydrogen) atoms. The third-order valence-corrected chi connectivity index (χ3v) is 3.65. The van der Waals surface area contributed by atoms with Gasteiger partial charge in [-0.05, 0) is 31.2 Å². The minimum absolute atomic E-state index is 0.0455. The Balaban J connectivity index is 1.66. The van der Waals surface area contributed by atoms with Crippen molar-refractivity contribution < 1.29 is 27.5 Å². The lowest BCUT2D eigenvalue weighted by Gasteiger charge is -2.13. The first-order valence-electron chi connectivity index (χ1n) is 7.72. The molecule has 0 saturated carbocycles. The van der Waals surface area contributed by atoms with Crippen molar-refractivity contribution in [1.29, 1.82) is 0 Å². The average molecular weight is 363 g/mol. The van der Waals surface area contributed by atoms with Gasteiger partial charge in [0.25, 0.3) is 5.91 Å². The number of esters is 1. The molecule has 1 N–H and O–H groups in total. The van der Waals surface area contributed by atoms with Crippen LogP contribution in [-0.4, -0.2) is 27.5 Å². The van der Waals surface area contributed by atoms with Gasteiger partial charge in [-0.3, -0.25) is 9.36 Å². The number of aromatic nitrogens is 2. The van der Waals surface area contributed by atoms with E-state index in [1.165, 1.54) is 31.4 Å². The monoisotopic (exact) mass is 363 g/mol. The molecule has 9 heteroatoms. The molecule has 0 spiro atoms. The van der Waals surface area contributed by atoms with Crippen LogP contribution in [0.5, 0.6) is 0 Å². The minimum Gasteiger partial charge on any atom is -0.459 e. The fourth-order valence-corrected chi connectivity index (χ4v) is 2.41. The summed E-state index contributed by atoms with van der Waals surface area (Å²) in [5, 5.41) is 2.40. The lowest BCUT2D eigenvalue weighted by atomic mass is 10.3. The highest BCUT2D eigenvalue weighted by Crippen LogP contribution is 2.23. The second-order valence-corrected chi connectivity index (χ2v) is 5.44. The Labute approximate surface area is 146 Å². The van der Waals surface area contributed by atoms with Crippen LogP contribution in [0.3, 0.4) is 0 Å². The molecule has 136 valence electrons. The summed E-state index contributed by atoms with van der Waals surface area (Å²) in [4.78, 5) is 27.9. The van der Waals surface area contributed by atoms with Crippen LogP contribution in [0.2, 0.25) is 0 Å². The number of ether oxygens (including phenoxy) is 1. The number of hydrogen-bond acceptors (Lipinski definition) is 5. The zero-order chi connectivity index (χ0) is 18.7. The summed E-state index contributed by atoms with van der Waals surface area (Å²) >= 11 is 0. The number of carbonyl (C=O) groups is 2. The number of benzene rings is 1. The zero-order valence-electron chi connectivity index (χ0n) is 13.7. The number of furan rings is 1. The van der Waals surface area contributed by atoms with Crippen molar-refractivity contribution in [2.24, 2.45) is 0 Å². The molecule has 0 aliphatic rings. The quantitative estimate of drug-likeness (QED) is 0.681. The largest absolute Gasteiger partial charge is 0.459 e. The predicted octanol–water partition coefficient (Wildman–Crippen LogP) is 2.89. The van der Waals surface area contributed by atoms with Gasteiger partial charge in [0, 0.05) is 0 Å². The van der Waals surface area contributed by atoms with Crippen molar-refractivity contribution in [3.05, 3.63) is 54.2 Å². The number of carbonyl (C=O) groups excluding carboxylic acids is 2. The van der Waals surface area contributed by atoms with Crippen LogP contribution < -0.4 is 5.32 Å². The molecule has 2 aromatic heterocycles. The summed E-state index contributed by atoms with van der Waals surface area (Å²) in [5.41, 5.74) is 0.616. The van der Waals surface area contributed by atoms with Gasteiger partial charge in [-0.2, -0.15) is 8.78 Å². The fourth-order valence-electron chi connectivity index (χ4n) is 2.41. The lowest BCUT2D eigenvalue weighted by molar-refractivity contribution is -0.147. The van der Waals surface area contributed by atoms with E-state index in [1.807, 2.05) is 0 Å². The molecule has 2 heterocycles. The van der Waals surface area contributed by atoms with E-state index < -0.39 is 31.1 Å². The van der Waals surface area contributed by atoms with Crippen LogP contribution >= 0.6 is 0 Å². The standard InChI is InChI=1S/C17H15F2N3O4/c1-10(20-15(23)13-7-4-8-25-13)16(24)26-9-14-21-11-5-2-3-6-12(11)22(14)17(18)19/h2-8,10,17H,9H2,1H3,(H,20,23)/t10-/m1/s1. The summed E-state index contributed by atoms with van der Waals surface area (Å²) in [6.07, 6.45) is 1.33. The summed E-state index contributed by atoms with van der Waals surface area (Å²) in [6, 6.07) is 8.37. The Kier molecular flexibility index (Phi) is 4.97. The van der Waals surface area contributed by atoms with Gasteiger partial charge in [0.05, 0.1) is 17.3 Å². The van der Waals surface area contributed by atoms with E-state index in [0.717, 1.165) is 0 Å². The number of hydrogen-bond donors (Lipinski definition) is 1. The van der Waals surface area contributed by atoms with E-state index in [-0.39, 0.29) is 17.1 Å². The molecule has 0 saturated heterocycles. The van der Waals surface area contributed by atoms with Gasteiger partial charge >= 0.3 is 12.5 Å². The van der Waals surface area contributed by atoms with Gasteiger partial charge < -0.3 is 14.5 Å². The Morgan fingerprint density at radius 2 is 2.04 bits per heavy atom. The van der Waals surface area contributed by atoms with E-state index in [9.17, 15) is 18.4 Å². The molecular weight excluding hydrogens is 348 g/mol. The molecule has 0 radical (unpaired) electrons. The number of nitrogens with zero attached hydrogens (tertiary/aromatic N) is 2. The SMILES string of the molecule is C[C@@H](NC(=O)c1ccco1)C(=O)OCc1nc2ccccc2n1C(F)F. The Bertz CT molecular complexity index is 921. The highest BCUT2D eigenvalue weighted by molar-refractivity contribution is 5.94. The number of fused-ring (bicyclic) bond motifs is 1. The number of rotatable bonds is 6. The average Bonchev–Trinajstić information content (AvgIpc) is 3.26. The molecule has 0 unspecified atom stereocenters.